The highest BCUT2D eigenvalue weighted by molar-refractivity contribution is 5.02. The summed E-state index contributed by atoms with van der Waals surface area (Å²) in [6.45, 7) is 7.94. The van der Waals surface area contributed by atoms with Crippen molar-refractivity contribution >= 4 is 0 Å². The lowest BCUT2D eigenvalue weighted by molar-refractivity contribution is -0.146. The first kappa shape index (κ1) is 12.1. The van der Waals surface area contributed by atoms with Crippen LogP contribution in [0.4, 0.5) is 0 Å². The number of aliphatic hydroxyl groups excluding tert-OH is 1. The lowest BCUT2D eigenvalue weighted by Crippen LogP contribution is -2.22. The zero-order valence-electron chi connectivity index (χ0n) is 10.2. The molecule has 1 unspecified atom stereocenters. The minimum absolute atomic E-state index is 0.118. The van der Waals surface area contributed by atoms with Gasteiger partial charge in [-0.25, -0.2) is 0 Å². The second-order valence-corrected chi connectivity index (χ2v) is 5.46. The number of aliphatic hydroxyl groups is 1. The SMILES string of the molecule is C=C1CC(O)CCC[C@H]2OC(C)(C)O[C@@H]2C1. The van der Waals surface area contributed by atoms with Crippen LogP contribution in [-0.2, 0) is 9.47 Å². The van der Waals surface area contributed by atoms with Crippen molar-refractivity contribution in [2.75, 3.05) is 0 Å². The molecule has 0 aromatic rings. The van der Waals surface area contributed by atoms with Gasteiger partial charge in [-0.15, -0.1) is 0 Å². The van der Waals surface area contributed by atoms with E-state index in [1.54, 1.807) is 0 Å². The van der Waals surface area contributed by atoms with Crippen LogP contribution in [0, 0.1) is 0 Å². The van der Waals surface area contributed by atoms with Gasteiger partial charge in [-0.2, -0.15) is 0 Å². The summed E-state index contributed by atoms with van der Waals surface area (Å²) in [5.74, 6) is -0.465. The summed E-state index contributed by atoms with van der Waals surface area (Å²) in [6.07, 6.45) is 4.36. The van der Waals surface area contributed by atoms with Crippen LogP contribution in [-0.4, -0.2) is 29.2 Å². The maximum atomic E-state index is 9.73. The van der Waals surface area contributed by atoms with E-state index >= 15 is 0 Å². The Balaban J connectivity index is 2.05. The molecular weight excluding hydrogens is 204 g/mol. The monoisotopic (exact) mass is 226 g/mol. The van der Waals surface area contributed by atoms with Crippen LogP contribution in [0.3, 0.4) is 0 Å². The third-order valence-electron chi connectivity index (χ3n) is 3.33. The first-order valence-electron chi connectivity index (χ1n) is 6.16. The van der Waals surface area contributed by atoms with Gasteiger partial charge in [-0.3, -0.25) is 0 Å². The fourth-order valence-corrected chi connectivity index (χ4v) is 2.68. The van der Waals surface area contributed by atoms with Crippen molar-refractivity contribution in [1.82, 2.24) is 0 Å². The third-order valence-corrected chi connectivity index (χ3v) is 3.33. The summed E-state index contributed by atoms with van der Waals surface area (Å²) in [6, 6.07) is 0. The molecule has 16 heavy (non-hydrogen) atoms. The summed E-state index contributed by atoms with van der Waals surface area (Å²) in [5, 5.41) is 9.73. The third kappa shape index (κ3) is 2.84. The van der Waals surface area contributed by atoms with E-state index < -0.39 is 5.79 Å². The van der Waals surface area contributed by atoms with Crippen LogP contribution >= 0.6 is 0 Å². The fourth-order valence-electron chi connectivity index (χ4n) is 2.68. The molecule has 1 saturated heterocycles. The Bertz CT molecular complexity index is 272. The van der Waals surface area contributed by atoms with E-state index in [9.17, 15) is 5.11 Å². The largest absolute Gasteiger partial charge is 0.393 e. The second kappa shape index (κ2) is 4.47. The average Bonchev–Trinajstić information content (AvgIpc) is 2.41. The predicted octanol–water partition coefficient (Wildman–Crippen LogP) is 2.39. The van der Waals surface area contributed by atoms with Crippen LogP contribution in [0.15, 0.2) is 12.2 Å². The molecule has 0 aromatic carbocycles. The first-order chi connectivity index (χ1) is 7.46. The number of hydrogen-bond donors (Lipinski definition) is 1. The molecular formula is C13H22O3. The van der Waals surface area contributed by atoms with E-state index in [1.165, 1.54) is 0 Å². The molecule has 1 saturated carbocycles. The maximum Gasteiger partial charge on any atom is 0.163 e. The van der Waals surface area contributed by atoms with E-state index in [2.05, 4.69) is 6.58 Å². The molecule has 2 fully saturated rings. The van der Waals surface area contributed by atoms with Gasteiger partial charge < -0.3 is 14.6 Å². The Kier molecular flexibility index (Phi) is 3.38. The zero-order chi connectivity index (χ0) is 11.8. The van der Waals surface area contributed by atoms with Gasteiger partial charge >= 0.3 is 0 Å². The van der Waals surface area contributed by atoms with E-state index in [4.69, 9.17) is 9.47 Å². The van der Waals surface area contributed by atoms with Crippen LogP contribution in [0.25, 0.3) is 0 Å². The molecule has 3 atom stereocenters. The van der Waals surface area contributed by atoms with Crippen molar-refractivity contribution in [2.24, 2.45) is 0 Å². The maximum absolute atomic E-state index is 9.73. The molecule has 3 heteroatoms. The Morgan fingerprint density at radius 2 is 1.88 bits per heavy atom. The molecule has 2 aliphatic rings. The first-order valence-corrected chi connectivity index (χ1v) is 6.16. The van der Waals surface area contributed by atoms with Crippen molar-refractivity contribution < 1.29 is 14.6 Å². The second-order valence-electron chi connectivity index (χ2n) is 5.46. The van der Waals surface area contributed by atoms with Gasteiger partial charge in [-0.05, 0) is 46.0 Å². The Morgan fingerprint density at radius 1 is 1.19 bits per heavy atom. The normalized spacial score (nSPS) is 39.7. The van der Waals surface area contributed by atoms with Gasteiger partial charge in [0.2, 0.25) is 0 Å². The molecule has 0 bridgehead atoms. The molecule has 0 aromatic heterocycles. The molecule has 1 aliphatic carbocycles. The summed E-state index contributed by atoms with van der Waals surface area (Å²) < 4.78 is 11.8. The van der Waals surface area contributed by atoms with Crippen LogP contribution in [0.5, 0.6) is 0 Å². The van der Waals surface area contributed by atoms with Gasteiger partial charge in [-0.1, -0.05) is 12.2 Å². The molecule has 1 aliphatic heterocycles. The van der Waals surface area contributed by atoms with Crippen molar-refractivity contribution in [3.8, 4) is 0 Å². The summed E-state index contributed by atoms with van der Waals surface area (Å²) in [4.78, 5) is 0. The molecule has 2 rings (SSSR count). The van der Waals surface area contributed by atoms with Crippen molar-refractivity contribution in [3.05, 3.63) is 12.2 Å². The summed E-state index contributed by atoms with van der Waals surface area (Å²) >= 11 is 0. The van der Waals surface area contributed by atoms with Gasteiger partial charge in [0.15, 0.2) is 5.79 Å². The van der Waals surface area contributed by atoms with Crippen molar-refractivity contribution in [2.45, 2.75) is 70.1 Å². The summed E-state index contributed by atoms with van der Waals surface area (Å²) in [5.41, 5.74) is 1.07. The van der Waals surface area contributed by atoms with Gasteiger partial charge in [0.25, 0.3) is 0 Å². The van der Waals surface area contributed by atoms with Crippen LogP contribution in [0.2, 0.25) is 0 Å². The lowest BCUT2D eigenvalue weighted by Gasteiger charge is -2.18. The highest BCUT2D eigenvalue weighted by Crippen LogP contribution is 2.35. The van der Waals surface area contributed by atoms with E-state index in [0.717, 1.165) is 31.3 Å². The van der Waals surface area contributed by atoms with Crippen LogP contribution in [0.1, 0.15) is 46.0 Å². The van der Waals surface area contributed by atoms with E-state index in [-0.39, 0.29) is 18.3 Å². The predicted molar refractivity (Wildman–Crippen MR) is 62.1 cm³/mol. The summed E-state index contributed by atoms with van der Waals surface area (Å²) in [7, 11) is 0. The number of ether oxygens (including phenoxy) is 2. The molecule has 0 amide bonds. The Morgan fingerprint density at radius 3 is 2.62 bits per heavy atom. The van der Waals surface area contributed by atoms with Crippen molar-refractivity contribution in [1.29, 1.82) is 0 Å². The molecule has 0 radical (unpaired) electrons. The standard InChI is InChI=1S/C13H22O3/c1-9-7-10(14)5-4-6-11-12(8-9)16-13(2,3)15-11/h10-12,14H,1,4-8H2,2-3H3/t10?,11-,12-/m1/s1. The minimum atomic E-state index is -0.465. The minimum Gasteiger partial charge on any atom is -0.393 e. The average molecular weight is 226 g/mol. The van der Waals surface area contributed by atoms with Gasteiger partial charge in [0, 0.05) is 0 Å². The Hall–Kier alpha value is -0.380. The van der Waals surface area contributed by atoms with E-state index in [1.807, 2.05) is 13.8 Å². The lowest BCUT2D eigenvalue weighted by atomic mass is 10.0. The molecule has 92 valence electrons. The van der Waals surface area contributed by atoms with Gasteiger partial charge in [0.05, 0.1) is 18.3 Å². The van der Waals surface area contributed by atoms with Crippen molar-refractivity contribution in [3.63, 3.8) is 0 Å². The van der Waals surface area contributed by atoms with Crippen LogP contribution < -0.4 is 0 Å². The topological polar surface area (TPSA) is 38.7 Å². The number of hydrogen-bond acceptors (Lipinski definition) is 3. The molecule has 1 N–H and O–H groups in total. The molecule has 3 nitrogen and oxygen atoms in total. The number of rotatable bonds is 0. The molecule has 1 heterocycles. The van der Waals surface area contributed by atoms with E-state index in [0.29, 0.717) is 6.42 Å². The highest BCUT2D eigenvalue weighted by Gasteiger charge is 2.41. The fraction of sp³-hybridized carbons (Fsp3) is 0.846. The highest BCUT2D eigenvalue weighted by atomic mass is 16.7. The van der Waals surface area contributed by atoms with Gasteiger partial charge in [0.1, 0.15) is 0 Å². The molecule has 0 spiro atoms. The Labute approximate surface area is 97.4 Å². The smallest absolute Gasteiger partial charge is 0.163 e. The quantitative estimate of drug-likeness (QED) is 0.645. The number of fused-ring (bicyclic) bond motifs is 1. The zero-order valence-corrected chi connectivity index (χ0v) is 10.2.